The van der Waals surface area contributed by atoms with E-state index in [1.54, 1.807) is 6.08 Å². The number of H-pyrrole nitrogens is 1. The highest BCUT2D eigenvalue weighted by Crippen LogP contribution is 2.23. The summed E-state index contributed by atoms with van der Waals surface area (Å²) in [6, 6.07) is 6.00. The minimum absolute atomic E-state index is 0.775. The lowest BCUT2D eigenvalue weighted by Gasteiger charge is -1.92. The largest absolute Gasteiger partial charge is 0.361 e. The van der Waals surface area contributed by atoms with Gasteiger partial charge in [0.05, 0.1) is 0 Å². The van der Waals surface area contributed by atoms with E-state index in [0.29, 0.717) is 0 Å². The van der Waals surface area contributed by atoms with Crippen LogP contribution in [0.2, 0.25) is 0 Å². The van der Waals surface area contributed by atoms with E-state index in [1.807, 2.05) is 24.4 Å². The molecule has 2 aromatic rings. The standard InChI is InChI=1S/C11H8BrNO/c12-9-3-4-11-10(6-9)8(7-13-11)2-1-5-14/h1-7,13H. The van der Waals surface area contributed by atoms with Crippen molar-refractivity contribution in [2.75, 3.05) is 0 Å². The third-order valence-electron chi connectivity index (χ3n) is 2.03. The van der Waals surface area contributed by atoms with Gasteiger partial charge in [-0.05, 0) is 35.9 Å². The van der Waals surface area contributed by atoms with Gasteiger partial charge in [-0.2, -0.15) is 0 Å². The molecule has 14 heavy (non-hydrogen) atoms. The maximum Gasteiger partial charge on any atom is 0.142 e. The highest BCUT2D eigenvalue weighted by Gasteiger charge is 2.00. The lowest BCUT2D eigenvalue weighted by Crippen LogP contribution is -1.70. The van der Waals surface area contributed by atoms with Gasteiger partial charge in [0.1, 0.15) is 6.29 Å². The van der Waals surface area contributed by atoms with Gasteiger partial charge < -0.3 is 4.98 Å². The number of aromatic nitrogens is 1. The number of aromatic amines is 1. The summed E-state index contributed by atoms with van der Waals surface area (Å²) in [7, 11) is 0. The van der Waals surface area contributed by atoms with E-state index in [1.165, 1.54) is 6.08 Å². The monoisotopic (exact) mass is 249 g/mol. The van der Waals surface area contributed by atoms with Crippen LogP contribution in [0.1, 0.15) is 5.56 Å². The maximum atomic E-state index is 10.2. The number of fused-ring (bicyclic) bond motifs is 1. The summed E-state index contributed by atoms with van der Waals surface area (Å²) in [5, 5.41) is 1.11. The maximum absolute atomic E-state index is 10.2. The zero-order valence-corrected chi connectivity index (χ0v) is 8.91. The Kier molecular flexibility index (Phi) is 2.50. The summed E-state index contributed by atoms with van der Waals surface area (Å²) in [5.41, 5.74) is 2.09. The highest BCUT2D eigenvalue weighted by molar-refractivity contribution is 9.10. The van der Waals surface area contributed by atoms with Crippen molar-refractivity contribution in [2.45, 2.75) is 0 Å². The molecule has 1 aromatic heterocycles. The molecule has 0 amide bonds. The summed E-state index contributed by atoms with van der Waals surface area (Å²) in [6.07, 6.45) is 5.94. The first-order valence-corrected chi connectivity index (χ1v) is 4.99. The molecule has 70 valence electrons. The van der Waals surface area contributed by atoms with E-state index in [2.05, 4.69) is 20.9 Å². The number of hydrogen-bond donors (Lipinski definition) is 1. The second-order valence-electron chi connectivity index (χ2n) is 2.93. The molecule has 2 nitrogen and oxygen atoms in total. The molecule has 0 aliphatic heterocycles. The van der Waals surface area contributed by atoms with Crippen molar-refractivity contribution >= 4 is 39.2 Å². The van der Waals surface area contributed by atoms with Crippen LogP contribution in [-0.2, 0) is 4.79 Å². The molecule has 0 spiro atoms. The highest BCUT2D eigenvalue weighted by atomic mass is 79.9. The Morgan fingerprint density at radius 3 is 3.00 bits per heavy atom. The van der Waals surface area contributed by atoms with Crippen LogP contribution in [0, 0.1) is 0 Å². The number of nitrogens with one attached hydrogen (secondary N) is 1. The number of halogens is 1. The van der Waals surface area contributed by atoms with Gasteiger partial charge in [-0.3, -0.25) is 4.79 Å². The number of carbonyl (C=O) groups is 1. The van der Waals surface area contributed by atoms with E-state index >= 15 is 0 Å². The number of benzene rings is 1. The molecule has 0 aliphatic carbocycles. The third-order valence-corrected chi connectivity index (χ3v) is 2.52. The molecule has 1 N–H and O–H groups in total. The van der Waals surface area contributed by atoms with Gasteiger partial charge in [0.25, 0.3) is 0 Å². The van der Waals surface area contributed by atoms with Crippen molar-refractivity contribution in [2.24, 2.45) is 0 Å². The topological polar surface area (TPSA) is 32.9 Å². The molecule has 0 unspecified atom stereocenters. The summed E-state index contributed by atoms with van der Waals surface area (Å²) < 4.78 is 1.03. The van der Waals surface area contributed by atoms with E-state index < -0.39 is 0 Å². The molecule has 1 aromatic carbocycles. The lowest BCUT2D eigenvalue weighted by molar-refractivity contribution is -0.104. The minimum atomic E-state index is 0.775. The van der Waals surface area contributed by atoms with Crippen molar-refractivity contribution < 1.29 is 4.79 Å². The molecule has 1 heterocycles. The molecule has 0 radical (unpaired) electrons. The number of hydrogen-bond acceptors (Lipinski definition) is 1. The van der Waals surface area contributed by atoms with Crippen LogP contribution < -0.4 is 0 Å². The van der Waals surface area contributed by atoms with Crippen LogP contribution in [0.5, 0.6) is 0 Å². The fourth-order valence-corrected chi connectivity index (χ4v) is 1.76. The average Bonchev–Trinajstić information content (AvgIpc) is 2.57. The van der Waals surface area contributed by atoms with Crippen LogP contribution in [-0.4, -0.2) is 11.3 Å². The first-order valence-electron chi connectivity index (χ1n) is 4.20. The van der Waals surface area contributed by atoms with Crippen molar-refractivity contribution in [3.63, 3.8) is 0 Å². The molecule has 0 bridgehead atoms. The van der Waals surface area contributed by atoms with Crippen LogP contribution in [0.15, 0.2) is 34.9 Å². The number of aldehydes is 1. The van der Waals surface area contributed by atoms with Crippen LogP contribution in [0.4, 0.5) is 0 Å². The molecular weight excluding hydrogens is 242 g/mol. The predicted octanol–water partition coefficient (Wildman–Crippen LogP) is 3.14. The first kappa shape index (κ1) is 9.21. The van der Waals surface area contributed by atoms with Gasteiger partial charge in [0.2, 0.25) is 0 Å². The molecule has 3 heteroatoms. The van der Waals surface area contributed by atoms with Gasteiger partial charge in [0, 0.05) is 21.6 Å². The Morgan fingerprint density at radius 1 is 1.36 bits per heavy atom. The van der Waals surface area contributed by atoms with E-state index in [0.717, 1.165) is 27.2 Å². The normalized spacial score (nSPS) is 11.2. The smallest absolute Gasteiger partial charge is 0.142 e. The predicted molar refractivity (Wildman–Crippen MR) is 61.1 cm³/mol. The zero-order valence-electron chi connectivity index (χ0n) is 7.33. The van der Waals surface area contributed by atoms with Gasteiger partial charge in [-0.15, -0.1) is 0 Å². The van der Waals surface area contributed by atoms with Crippen molar-refractivity contribution in [3.8, 4) is 0 Å². The summed E-state index contributed by atoms with van der Waals surface area (Å²) in [5.74, 6) is 0. The van der Waals surface area contributed by atoms with Crippen LogP contribution in [0.3, 0.4) is 0 Å². The van der Waals surface area contributed by atoms with Gasteiger partial charge in [-0.1, -0.05) is 15.9 Å². The van der Waals surface area contributed by atoms with Crippen molar-refractivity contribution in [1.82, 2.24) is 4.98 Å². The van der Waals surface area contributed by atoms with Gasteiger partial charge in [-0.25, -0.2) is 0 Å². The van der Waals surface area contributed by atoms with Crippen LogP contribution >= 0.6 is 15.9 Å². The fraction of sp³-hybridized carbons (Fsp3) is 0. The number of carbonyl (C=O) groups excluding carboxylic acids is 1. The Hall–Kier alpha value is -1.35. The van der Waals surface area contributed by atoms with E-state index in [-0.39, 0.29) is 0 Å². The summed E-state index contributed by atoms with van der Waals surface area (Å²) >= 11 is 3.41. The number of allylic oxidation sites excluding steroid dienone is 1. The van der Waals surface area contributed by atoms with Crippen molar-refractivity contribution in [3.05, 3.63) is 40.5 Å². The molecular formula is C11H8BrNO. The second-order valence-corrected chi connectivity index (χ2v) is 3.84. The SMILES string of the molecule is O=CC=Cc1c[nH]c2ccc(Br)cc12. The Morgan fingerprint density at radius 2 is 2.21 bits per heavy atom. The molecule has 0 aliphatic rings. The number of rotatable bonds is 2. The average molecular weight is 250 g/mol. The Bertz CT molecular complexity index is 499. The molecule has 0 atom stereocenters. The quantitative estimate of drug-likeness (QED) is 0.644. The molecule has 0 saturated carbocycles. The van der Waals surface area contributed by atoms with Crippen molar-refractivity contribution in [1.29, 1.82) is 0 Å². The lowest BCUT2D eigenvalue weighted by atomic mass is 10.2. The fourth-order valence-electron chi connectivity index (χ4n) is 1.40. The molecule has 0 fully saturated rings. The van der Waals surface area contributed by atoms with Crippen LogP contribution in [0.25, 0.3) is 17.0 Å². The second kappa shape index (κ2) is 3.80. The first-order chi connectivity index (χ1) is 6.81. The van der Waals surface area contributed by atoms with Gasteiger partial charge in [0.15, 0.2) is 0 Å². The Labute approximate surface area is 89.8 Å². The summed E-state index contributed by atoms with van der Waals surface area (Å²) in [6.45, 7) is 0. The Balaban J connectivity index is 2.60. The third kappa shape index (κ3) is 1.63. The zero-order chi connectivity index (χ0) is 9.97. The minimum Gasteiger partial charge on any atom is -0.361 e. The van der Waals surface area contributed by atoms with E-state index in [9.17, 15) is 4.79 Å². The van der Waals surface area contributed by atoms with E-state index in [4.69, 9.17) is 0 Å². The van der Waals surface area contributed by atoms with Gasteiger partial charge >= 0.3 is 0 Å². The summed E-state index contributed by atoms with van der Waals surface area (Å²) in [4.78, 5) is 13.3. The molecule has 2 rings (SSSR count). The molecule has 0 saturated heterocycles.